The third-order valence-corrected chi connectivity index (χ3v) is 2.81. The number of nitrogens with zero attached hydrogens (tertiary/aromatic N) is 2. The van der Waals surface area contributed by atoms with Crippen LogP contribution in [-0.2, 0) is 0 Å². The summed E-state index contributed by atoms with van der Waals surface area (Å²) in [4.78, 5) is 7.22. The van der Waals surface area contributed by atoms with Crippen molar-refractivity contribution in [3.05, 3.63) is 30.1 Å². The second kappa shape index (κ2) is 3.83. The first-order chi connectivity index (χ1) is 6.38. The van der Waals surface area contributed by atoms with Crippen molar-refractivity contribution in [1.82, 2.24) is 9.88 Å². The molecule has 0 bridgehead atoms. The van der Waals surface area contributed by atoms with E-state index in [9.17, 15) is 0 Å². The molecule has 3 heteroatoms. The van der Waals surface area contributed by atoms with Crippen LogP contribution in [0.3, 0.4) is 0 Å². The number of pyridine rings is 1. The number of rotatable bonds is 1. The van der Waals surface area contributed by atoms with Crippen LogP contribution < -0.4 is 0 Å². The molecule has 0 atom stereocenters. The van der Waals surface area contributed by atoms with Crippen molar-refractivity contribution in [1.29, 1.82) is 0 Å². The van der Waals surface area contributed by atoms with E-state index in [1.807, 2.05) is 12.1 Å². The first-order valence-electron chi connectivity index (χ1n) is 4.57. The Balaban J connectivity index is 2.13. The Hall–Kier alpha value is -0.960. The van der Waals surface area contributed by atoms with Crippen LogP contribution in [0.1, 0.15) is 18.4 Å². The van der Waals surface area contributed by atoms with Gasteiger partial charge < -0.3 is 4.90 Å². The van der Waals surface area contributed by atoms with Crippen LogP contribution in [0.25, 0.3) is 0 Å². The molecule has 1 saturated heterocycles. The molecule has 0 aliphatic carbocycles. The van der Waals surface area contributed by atoms with Gasteiger partial charge in [0.1, 0.15) is 4.99 Å². The lowest BCUT2D eigenvalue weighted by Crippen LogP contribution is -2.26. The molecule has 0 aromatic carbocycles. The molecule has 0 N–H and O–H groups in total. The Morgan fingerprint density at radius 3 is 2.46 bits per heavy atom. The Morgan fingerprint density at radius 1 is 1.23 bits per heavy atom. The highest BCUT2D eigenvalue weighted by atomic mass is 32.1. The quantitative estimate of drug-likeness (QED) is 0.632. The van der Waals surface area contributed by atoms with E-state index in [0.717, 1.165) is 23.6 Å². The molecule has 1 aromatic rings. The Labute approximate surface area is 83.6 Å². The first-order valence-corrected chi connectivity index (χ1v) is 4.98. The molecule has 1 aromatic heterocycles. The molecule has 1 fully saturated rings. The number of likely N-dealkylation sites (tertiary alicyclic amines) is 1. The monoisotopic (exact) mass is 192 g/mol. The highest BCUT2D eigenvalue weighted by molar-refractivity contribution is 7.80. The van der Waals surface area contributed by atoms with Crippen molar-refractivity contribution >= 4 is 17.2 Å². The molecule has 2 rings (SSSR count). The number of aromatic nitrogens is 1. The maximum absolute atomic E-state index is 5.38. The molecular formula is C10H12N2S. The van der Waals surface area contributed by atoms with Crippen molar-refractivity contribution in [2.75, 3.05) is 13.1 Å². The predicted octanol–water partition coefficient (Wildman–Crippen LogP) is 1.85. The van der Waals surface area contributed by atoms with Gasteiger partial charge in [-0.3, -0.25) is 4.98 Å². The molecule has 1 aliphatic rings. The summed E-state index contributed by atoms with van der Waals surface area (Å²) in [5.74, 6) is 0. The molecule has 0 saturated carbocycles. The number of hydrogen-bond donors (Lipinski definition) is 0. The minimum Gasteiger partial charge on any atom is -0.362 e. The van der Waals surface area contributed by atoms with E-state index in [4.69, 9.17) is 12.2 Å². The summed E-state index contributed by atoms with van der Waals surface area (Å²) in [6.45, 7) is 2.22. The minimum absolute atomic E-state index is 0.972. The molecule has 13 heavy (non-hydrogen) atoms. The van der Waals surface area contributed by atoms with Crippen LogP contribution in [0.5, 0.6) is 0 Å². The Morgan fingerprint density at radius 2 is 1.85 bits per heavy atom. The van der Waals surface area contributed by atoms with E-state index >= 15 is 0 Å². The average Bonchev–Trinajstić information content (AvgIpc) is 2.71. The second-order valence-electron chi connectivity index (χ2n) is 3.24. The smallest absolute Gasteiger partial charge is 0.109 e. The van der Waals surface area contributed by atoms with Crippen LogP contribution in [0.15, 0.2) is 24.5 Å². The topological polar surface area (TPSA) is 16.1 Å². The third-order valence-electron chi connectivity index (χ3n) is 2.32. The van der Waals surface area contributed by atoms with Crippen molar-refractivity contribution in [3.8, 4) is 0 Å². The summed E-state index contributed by atoms with van der Waals surface area (Å²) >= 11 is 5.38. The van der Waals surface area contributed by atoms with Crippen molar-refractivity contribution < 1.29 is 0 Å². The fraction of sp³-hybridized carbons (Fsp3) is 0.400. The molecule has 2 heterocycles. The molecule has 2 nitrogen and oxygen atoms in total. The van der Waals surface area contributed by atoms with Gasteiger partial charge in [-0.05, 0) is 25.0 Å². The van der Waals surface area contributed by atoms with E-state index in [-0.39, 0.29) is 0 Å². The summed E-state index contributed by atoms with van der Waals surface area (Å²) in [5, 5.41) is 0. The van der Waals surface area contributed by atoms with Gasteiger partial charge >= 0.3 is 0 Å². The Bertz CT molecular complexity index is 291. The number of thiocarbonyl (C=S) groups is 1. The van der Waals surface area contributed by atoms with Gasteiger partial charge in [0.15, 0.2) is 0 Å². The molecule has 0 amide bonds. The summed E-state index contributed by atoms with van der Waals surface area (Å²) in [6, 6.07) is 3.95. The lowest BCUT2D eigenvalue weighted by atomic mass is 10.2. The molecule has 68 valence electrons. The lowest BCUT2D eigenvalue weighted by molar-refractivity contribution is 0.530. The molecule has 1 aliphatic heterocycles. The van der Waals surface area contributed by atoms with Crippen LogP contribution in [0, 0.1) is 0 Å². The van der Waals surface area contributed by atoms with Crippen molar-refractivity contribution in [3.63, 3.8) is 0 Å². The molecular weight excluding hydrogens is 180 g/mol. The van der Waals surface area contributed by atoms with Crippen LogP contribution in [0.4, 0.5) is 0 Å². The molecule has 0 spiro atoms. The van der Waals surface area contributed by atoms with E-state index in [1.165, 1.54) is 12.8 Å². The predicted molar refractivity (Wildman–Crippen MR) is 56.7 cm³/mol. The highest BCUT2D eigenvalue weighted by Gasteiger charge is 2.15. The van der Waals surface area contributed by atoms with Gasteiger partial charge in [-0.1, -0.05) is 12.2 Å². The van der Waals surface area contributed by atoms with Crippen LogP contribution >= 0.6 is 12.2 Å². The van der Waals surface area contributed by atoms with E-state index in [0.29, 0.717) is 0 Å². The fourth-order valence-corrected chi connectivity index (χ4v) is 1.92. The van der Waals surface area contributed by atoms with Gasteiger partial charge in [0.25, 0.3) is 0 Å². The van der Waals surface area contributed by atoms with Gasteiger partial charge in [0.05, 0.1) is 0 Å². The van der Waals surface area contributed by atoms with E-state index in [2.05, 4.69) is 9.88 Å². The van der Waals surface area contributed by atoms with Gasteiger partial charge in [-0.25, -0.2) is 0 Å². The van der Waals surface area contributed by atoms with Crippen molar-refractivity contribution in [2.45, 2.75) is 12.8 Å². The highest BCUT2D eigenvalue weighted by Crippen LogP contribution is 2.12. The summed E-state index contributed by atoms with van der Waals surface area (Å²) in [7, 11) is 0. The summed E-state index contributed by atoms with van der Waals surface area (Å²) in [6.07, 6.45) is 6.12. The maximum atomic E-state index is 5.38. The average molecular weight is 192 g/mol. The van der Waals surface area contributed by atoms with Gasteiger partial charge in [0, 0.05) is 31.0 Å². The summed E-state index contributed by atoms with van der Waals surface area (Å²) < 4.78 is 0. The largest absolute Gasteiger partial charge is 0.362 e. The molecule has 0 unspecified atom stereocenters. The lowest BCUT2D eigenvalue weighted by Gasteiger charge is -2.18. The molecule has 0 radical (unpaired) electrons. The maximum Gasteiger partial charge on any atom is 0.109 e. The standard InChI is InChI=1S/C10H12N2S/c13-10(12-7-1-2-8-12)9-3-5-11-6-4-9/h3-6H,1-2,7-8H2. The van der Waals surface area contributed by atoms with Gasteiger partial charge in [-0.2, -0.15) is 0 Å². The van der Waals surface area contributed by atoms with Gasteiger partial charge in [0.2, 0.25) is 0 Å². The van der Waals surface area contributed by atoms with Crippen molar-refractivity contribution in [2.24, 2.45) is 0 Å². The fourth-order valence-electron chi connectivity index (χ4n) is 1.60. The van der Waals surface area contributed by atoms with E-state index < -0.39 is 0 Å². The first kappa shape index (κ1) is 8.63. The zero-order chi connectivity index (χ0) is 9.10. The zero-order valence-corrected chi connectivity index (χ0v) is 8.26. The van der Waals surface area contributed by atoms with E-state index in [1.54, 1.807) is 12.4 Å². The third kappa shape index (κ3) is 1.86. The van der Waals surface area contributed by atoms with Gasteiger partial charge in [-0.15, -0.1) is 0 Å². The second-order valence-corrected chi connectivity index (χ2v) is 3.62. The van der Waals surface area contributed by atoms with Crippen LogP contribution in [0.2, 0.25) is 0 Å². The minimum atomic E-state index is 0.972. The number of hydrogen-bond acceptors (Lipinski definition) is 2. The SMILES string of the molecule is S=C(c1ccncc1)N1CCCC1. The Kier molecular flexibility index (Phi) is 2.54. The van der Waals surface area contributed by atoms with Crippen LogP contribution in [-0.4, -0.2) is 28.0 Å². The normalized spacial score (nSPS) is 16.2. The summed E-state index contributed by atoms with van der Waals surface area (Å²) in [5.41, 5.74) is 1.12. The zero-order valence-electron chi connectivity index (χ0n) is 7.44.